The number of aliphatic hydroxyl groups is 1. The van der Waals surface area contributed by atoms with E-state index >= 15 is 0 Å². The first-order valence-corrected chi connectivity index (χ1v) is 11.8. The highest BCUT2D eigenvalue weighted by molar-refractivity contribution is 5.80. The third kappa shape index (κ3) is 6.32. The maximum absolute atomic E-state index is 14.7. The summed E-state index contributed by atoms with van der Waals surface area (Å²) in [5, 5.41) is 14.9. The van der Waals surface area contributed by atoms with E-state index in [1.165, 1.54) is 11.6 Å². The first-order chi connectivity index (χ1) is 16.5. The molecule has 2 atom stereocenters. The molecule has 0 fully saturated rings. The molecule has 0 radical (unpaired) electrons. The highest BCUT2D eigenvalue weighted by Crippen LogP contribution is 2.40. The van der Waals surface area contributed by atoms with Crippen LogP contribution in [0.15, 0.2) is 54.7 Å². The summed E-state index contributed by atoms with van der Waals surface area (Å²) in [4.78, 5) is 14.8. The Hall–Kier alpha value is -3.10. The number of aromatic nitrogens is 2. The summed E-state index contributed by atoms with van der Waals surface area (Å²) in [5.41, 5.74) is 7.58. The number of rotatable bonds is 9. The summed E-state index contributed by atoms with van der Waals surface area (Å²) in [7, 11) is 0. The number of aliphatic hydroxyl groups excluding tert-OH is 1. The van der Waals surface area contributed by atoms with Gasteiger partial charge in [-0.15, -0.1) is 0 Å². The van der Waals surface area contributed by atoms with Crippen LogP contribution in [0.25, 0.3) is 5.69 Å². The zero-order valence-electron chi connectivity index (χ0n) is 20.7. The van der Waals surface area contributed by atoms with Crippen LogP contribution < -0.4 is 5.73 Å². The van der Waals surface area contributed by atoms with Crippen LogP contribution in [0.4, 0.5) is 8.78 Å². The van der Waals surface area contributed by atoms with E-state index < -0.39 is 35.1 Å². The Bertz CT molecular complexity index is 1140. The minimum absolute atomic E-state index is 0.0198. The normalized spacial score (nSPS) is 13.5. The fourth-order valence-corrected chi connectivity index (χ4v) is 4.28. The molecule has 1 aromatic heterocycles. The molecule has 1 unspecified atom stereocenters. The molecule has 0 aliphatic rings. The summed E-state index contributed by atoms with van der Waals surface area (Å²) in [5.74, 6) is -1.63. The van der Waals surface area contributed by atoms with Crippen LogP contribution in [0, 0.1) is 17.0 Å². The molecule has 2 aromatic carbocycles. The molecule has 8 heteroatoms. The van der Waals surface area contributed by atoms with Crippen molar-refractivity contribution in [3.8, 4) is 5.69 Å². The van der Waals surface area contributed by atoms with Gasteiger partial charge in [-0.3, -0.25) is 4.79 Å². The molecule has 0 bridgehead atoms. The maximum atomic E-state index is 14.7. The Morgan fingerprint density at radius 3 is 2.46 bits per heavy atom. The zero-order valence-corrected chi connectivity index (χ0v) is 20.7. The number of carbonyl (C=O) groups excluding carboxylic acids is 1. The van der Waals surface area contributed by atoms with Crippen LogP contribution in [0.2, 0.25) is 0 Å². The standard InChI is InChI=1S/C27H34F2N4O2/c1-18(34)26(35)32(14-8-13-30)25(27(2,3)4)24-20(15-19-9-6-5-7-10-19)17-33(31-24)23-16-21(28)11-12-22(23)29/h5-7,9-12,16-18,25,34H,8,13-15,30H2,1-4H3/t18?,25-/m0/s1. The van der Waals surface area contributed by atoms with Gasteiger partial charge >= 0.3 is 0 Å². The van der Waals surface area contributed by atoms with E-state index in [0.717, 1.165) is 29.3 Å². The van der Waals surface area contributed by atoms with Crippen molar-refractivity contribution >= 4 is 5.91 Å². The third-order valence-electron chi connectivity index (χ3n) is 5.85. The third-order valence-corrected chi connectivity index (χ3v) is 5.85. The van der Waals surface area contributed by atoms with E-state index in [1.807, 2.05) is 51.1 Å². The van der Waals surface area contributed by atoms with Crippen LogP contribution in [0.5, 0.6) is 0 Å². The Morgan fingerprint density at radius 2 is 1.86 bits per heavy atom. The summed E-state index contributed by atoms with van der Waals surface area (Å²) < 4.78 is 30.0. The minimum Gasteiger partial charge on any atom is -0.384 e. The van der Waals surface area contributed by atoms with E-state index in [4.69, 9.17) is 10.8 Å². The molecule has 35 heavy (non-hydrogen) atoms. The largest absolute Gasteiger partial charge is 0.384 e. The molecule has 0 spiro atoms. The summed E-state index contributed by atoms with van der Waals surface area (Å²) in [6.45, 7) is 8.08. The zero-order chi connectivity index (χ0) is 25.8. The lowest BCUT2D eigenvalue weighted by Crippen LogP contribution is -2.46. The molecular weight excluding hydrogens is 450 g/mol. The van der Waals surface area contributed by atoms with Gasteiger partial charge in [0.05, 0.1) is 11.7 Å². The molecule has 3 N–H and O–H groups in total. The van der Waals surface area contributed by atoms with Gasteiger partial charge in [-0.2, -0.15) is 5.10 Å². The van der Waals surface area contributed by atoms with Crippen LogP contribution in [-0.2, 0) is 11.2 Å². The van der Waals surface area contributed by atoms with E-state index in [-0.39, 0.29) is 5.69 Å². The first-order valence-electron chi connectivity index (χ1n) is 11.8. The van der Waals surface area contributed by atoms with Gasteiger partial charge in [0.1, 0.15) is 23.4 Å². The molecule has 3 aromatic rings. The molecule has 0 saturated heterocycles. The summed E-state index contributed by atoms with van der Waals surface area (Å²) in [6, 6.07) is 12.4. The van der Waals surface area contributed by atoms with Gasteiger partial charge < -0.3 is 15.7 Å². The number of hydrogen-bond donors (Lipinski definition) is 2. The van der Waals surface area contributed by atoms with Crippen molar-refractivity contribution in [1.82, 2.24) is 14.7 Å². The second kappa shape index (κ2) is 11.1. The molecule has 188 valence electrons. The lowest BCUT2D eigenvalue weighted by molar-refractivity contribution is -0.144. The van der Waals surface area contributed by atoms with Crippen molar-refractivity contribution in [3.63, 3.8) is 0 Å². The van der Waals surface area contributed by atoms with Crippen molar-refractivity contribution < 1.29 is 18.7 Å². The number of benzene rings is 2. The summed E-state index contributed by atoms with van der Waals surface area (Å²) in [6.07, 6.45) is 1.50. The topological polar surface area (TPSA) is 84.4 Å². The highest BCUT2D eigenvalue weighted by atomic mass is 19.1. The fraction of sp³-hybridized carbons (Fsp3) is 0.407. The van der Waals surface area contributed by atoms with Gasteiger partial charge in [0.2, 0.25) is 0 Å². The van der Waals surface area contributed by atoms with Crippen LogP contribution in [0.1, 0.15) is 57.0 Å². The Morgan fingerprint density at radius 1 is 1.17 bits per heavy atom. The molecule has 0 aliphatic heterocycles. The predicted molar refractivity (Wildman–Crippen MR) is 132 cm³/mol. The SMILES string of the molecule is CC(O)C(=O)N(CCCN)[C@@H](c1nn(-c2cc(F)ccc2F)cc1Cc1ccccc1)C(C)(C)C. The number of nitrogens with two attached hydrogens (primary N) is 1. The molecular formula is C27H34F2N4O2. The van der Waals surface area contributed by atoms with Crippen molar-refractivity contribution in [1.29, 1.82) is 0 Å². The average Bonchev–Trinajstić information content (AvgIpc) is 3.19. The Labute approximate surface area is 205 Å². The predicted octanol–water partition coefficient (Wildman–Crippen LogP) is 4.39. The Balaban J connectivity index is 2.22. The quantitative estimate of drug-likeness (QED) is 0.472. The van der Waals surface area contributed by atoms with Gasteiger partial charge in [0, 0.05) is 30.8 Å². The van der Waals surface area contributed by atoms with Gasteiger partial charge in [0.15, 0.2) is 0 Å². The van der Waals surface area contributed by atoms with Crippen LogP contribution in [-0.4, -0.2) is 44.9 Å². The van der Waals surface area contributed by atoms with E-state index in [9.17, 15) is 18.7 Å². The average molecular weight is 485 g/mol. The van der Waals surface area contributed by atoms with Crippen molar-refractivity contribution in [2.75, 3.05) is 13.1 Å². The monoisotopic (exact) mass is 484 g/mol. The smallest absolute Gasteiger partial charge is 0.251 e. The molecule has 0 saturated carbocycles. The molecule has 6 nitrogen and oxygen atoms in total. The van der Waals surface area contributed by atoms with E-state index in [1.54, 1.807) is 11.1 Å². The lowest BCUT2D eigenvalue weighted by atomic mass is 9.81. The lowest BCUT2D eigenvalue weighted by Gasteiger charge is -2.40. The second-order valence-electron chi connectivity index (χ2n) is 9.86. The number of carbonyl (C=O) groups is 1. The van der Waals surface area contributed by atoms with Gasteiger partial charge in [0.25, 0.3) is 5.91 Å². The highest BCUT2D eigenvalue weighted by Gasteiger charge is 2.39. The van der Waals surface area contributed by atoms with Gasteiger partial charge in [-0.1, -0.05) is 51.1 Å². The van der Waals surface area contributed by atoms with E-state index in [0.29, 0.717) is 31.6 Å². The molecule has 0 aliphatic carbocycles. The number of nitrogens with zero attached hydrogens (tertiary/aromatic N) is 3. The van der Waals surface area contributed by atoms with Crippen LogP contribution >= 0.6 is 0 Å². The van der Waals surface area contributed by atoms with Gasteiger partial charge in [-0.05, 0) is 43.0 Å². The number of amides is 1. The van der Waals surface area contributed by atoms with Crippen molar-refractivity contribution in [2.24, 2.45) is 11.1 Å². The van der Waals surface area contributed by atoms with Crippen LogP contribution in [0.3, 0.4) is 0 Å². The molecule has 1 heterocycles. The maximum Gasteiger partial charge on any atom is 0.251 e. The summed E-state index contributed by atoms with van der Waals surface area (Å²) >= 11 is 0. The molecule has 1 amide bonds. The molecule has 3 rings (SSSR count). The first kappa shape index (κ1) is 26.5. The fourth-order valence-electron chi connectivity index (χ4n) is 4.28. The van der Waals surface area contributed by atoms with Gasteiger partial charge in [-0.25, -0.2) is 13.5 Å². The van der Waals surface area contributed by atoms with E-state index in [2.05, 4.69) is 0 Å². The number of halogens is 2. The van der Waals surface area contributed by atoms with Crippen molar-refractivity contribution in [2.45, 2.75) is 52.7 Å². The Kier molecular flexibility index (Phi) is 8.40. The second-order valence-corrected chi connectivity index (χ2v) is 9.86. The van der Waals surface area contributed by atoms with Crippen molar-refractivity contribution in [3.05, 3.63) is 83.2 Å². The minimum atomic E-state index is -1.21. The number of hydrogen-bond acceptors (Lipinski definition) is 4.